The number of urea groups is 1. The molecule has 1 aliphatic heterocycles. The average Bonchev–Trinajstić information content (AvgIpc) is 2.88. The molecular formula is C15H15N3O2S2. The fraction of sp³-hybridized carbons (Fsp3) is 0.200. The number of hydrogen-bond acceptors (Lipinski definition) is 4. The SMILES string of the molecule is CC1Cc2cc(NC(=O)Nc3cccs3)ccc2NC(=S)O1. The van der Waals surface area contributed by atoms with E-state index in [1.165, 1.54) is 11.3 Å². The molecule has 3 rings (SSSR count). The monoisotopic (exact) mass is 333 g/mol. The summed E-state index contributed by atoms with van der Waals surface area (Å²) in [5, 5.41) is 11.8. The average molecular weight is 333 g/mol. The van der Waals surface area contributed by atoms with Gasteiger partial charge in [0.15, 0.2) is 0 Å². The summed E-state index contributed by atoms with van der Waals surface area (Å²) in [7, 11) is 0. The molecule has 22 heavy (non-hydrogen) atoms. The van der Waals surface area contributed by atoms with Gasteiger partial charge < -0.3 is 15.4 Å². The first kappa shape index (κ1) is 14.8. The summed E-state index contributed by atoms with van der Waals surface area (Å²) < 4.78 is 5.51. The number of nitrogens with one attached hydrogen (secondary N) is 3. The molecule has 7 heteroatoms. The molecule has 0 bridgehead atoms. The van der Waals surface area contributed by atoms with Gasteiger partial charge in [-0.1, -0.05) is 0 Å². The number of amides is 2. The summed E-state index contributed by atoms with van der Waals surface area (Å²) in [5.41, 5.74) is 2.70. The molecule has 5 nitrogen and oxygen atoms in total. The summed E-state index contributed by atoms with van der Waals surface area (Å²) in [4.78, 5) is 12.0. The van der Waals surface area contributed by atoms with E-state index in [9.17, 15) is 4.79 Å². The summed E-state index contributed by atoms with van der Waals surface area (Å²) in [6, 6.07) is 9.14. The molecule has 1 unspecified atom stereocenters. The summed E-state index contributed by atoms with van der Waals surface area (Å²) >= 11 is 6.58. The van der Waals surface area contributed by atoms with Gasteiger partial charge in [0.1, 0.15) is 6.10 Å². The largest absolute Gasteiger partial charge is 0.467 e. The normalized spacial score (nSPS) is 16.8. The zero-order chi connectivity index (χ0) is 15.5. The second kappa shape index (κ2) is 6.33. The number of hydrogen-bond donors (Lipinski definition) is 3. The van der Waals surface area contributed by atoms with Gasteiger partial charge in [-0.15, -0.1) is 11.3 Å². The van der Waals surface area contributed by atoms with Crippen LogP contribution in [0, 0.1) is 0 Å². The minimum Gasteiger partial charge on any atom is -0.467 e. The van der Waals surface area contributed by atoms with Gasteiger partial charge in [-0.25, -0.2) is 4.79 Å². The van der Waals surface area contributed by atoms with Crippen molar-refractivity contribution >= 4 is 51.1 Å². The van der Waals surface area contributed by atoms with Gasteiger partial charge in [-0.05, 0) is 60.4 Å². The number of carbonyl (C=O) groups is 1. The van der Waals surface area contributed by atoms with Crippen molar-refractivity contribution in [3.8, 4) is 0 Å². The van der Waals surface area contributed by atoms with Gasteiger partial charge in [0.05, 0.1) is 5.00 Å². The Bertz CT molecular complexity index is 701. The highest BCUT2D eigenvalue weighted by molar-refractivity contribution is 7.80. The molecule has 1 atom stereocenters. The van der Waals surface area contributed by atoms with Gasteiger partial charge in [-0.3, -0.25) is 5.32 Å². The van der Waals surface area contributed by atoms with Gasteiger partial charge in [0.25, 0.3) is 5.17 Å². The fourth-order valence-electron chi connectivity index (χ4n) is 2.26. The Kier molecular flexibility index (Phi) is 4.26. The fourth-order valence-corrected chi connectivity index (χ4v) is 3.15. The van der Waals surface area contributed by atoms with Crippen LogP contribution in [0.3, 0.4) is 0 Å². The van der Waals surface area contributed by atoms with E-state index < -0.39 is 0 Å². The van der Waals surface area contributed by atoms with Crippen LogP contribution in [0.2, 0.25) is 0 Å². The lowest BCUT2D eigenvalue weighted by molar-refractivity contribution is 0.217. The summed E-state index contributed by atoms with van der Waals surface area (Å²) in [5.74, 6) is 0. The van der Waals surface area contributed by atoms with Crippen LogP contribution in [-0.2, 0) is 11.2 Å². The Balaban J connectivity index is 1.73. The Hall–Kier alpha value is -2.12. The van der Waals surface area contributed by atoms with E-state index in [2.05, 4.69) is 16.0 Å². The number of carbonyl (C=O) groups excluding carboxylic acids is 1. The highest BCUT2D eigenvalue weighted by atomic mass is 32.1. The first-order valence-corrected chi connectivity index (χ1v) is 8.11. The Morgan fingerprint density at radius 2 is 2.27 bits per heavy atom. The molecule has 3 N–H and O–H groups in total. The first-order chi connectivity index (χ1) is 10.6. The molecule has 114 valence electrons. The lowest BCUT2D eigenvalue weighted by atomic mass is 10.1. The van der Waals surface area contributed by atoms with E-state index in [4.69, 9.17) is 17.0 Å². The number of benzene rings is 1. The maximum absolute atomic E-state index is 12.0. The molecule has 2 heterocycles. The molecule has 0 radical (unpaired) electrons. The minimum atomic E-state index is -0.260. The number of rotatable bonds is 2. The van der Waals surface area contributed by atoms with E-state index >= 15 is 0 Å². The maximum atomic E-state index is 12.0. The third kappa shape index (κ3) is 3.55. The highest BCUT2D eigenvalue weighted by Gasteiger charge is 2.17. The Morgan fingerprint density at radius 3 is 3.05 bits per heavy atom. The molecule has 0 aliphatic carbocycles. The summed E-state index contributed by atoms with van der Waals surface area (Å²) in [6.07, 6.45) is 0.723. The molecule has 0 saturated carbocycles. The zero-order valence-electron chi connectivity index (χ0n) is 11.9. The second-order valence-corrected chi connectivity index (χ2v) is 6.29. The van der Waals surface area contributed by atoms with Crippen LogP contribution < -0.4 is 16.0 Å². The molecule has 1 aliphatic rings. The maximum Gasteiger partial charge on any atom is 0.324 e. The van der Waals surface area contributed by atoms with Crippen LogP contribution in [0.4, 0.5) is 21.2 Å². The van der Waals surface area contributed by atoms with E-state index in [1.807, 2.05) is 42.6 Å². The molecule has 1 aromatic carbocycles. The molecule has 0 fully saturated rings. The van der Waals surface area contributed by atoms with Gasteiger partial charge >= 0.3 is 6.03 Å². The van der Waals surface area contributed by atoms with E-state index in [1.54, 1.807) is 0 Å². The lowest BCUT2D eigenvalue weighted by Crippen LogP contribution is -2.19. The van der Waals surface area contributed by atoms with Crippen molar-refractivity contribution in [2.75, 3.05) is 16.0 Å². The van der Waals surface area contributed by atoms with Crippen LogP contribution >= 0.6 is 23.6 Å². The Labute approximate surface area is 137 Å². The molecular weight excluding hydrogens is 318 g/mol. The van der Waals surface area contributed by atoms with Crippen LogP contribution in [-0.4, -0.2) is 17.3 Å². The quantitative estimate of drug-likeness (QED) is 0.726. The van der Waals surface area contributed by atoms with Gasteiger partial charge in [0.2, 0.25) is 0 Å². The van der Waals surface area contributed by atoms with Gasteiger partial charge in [-0.2, -0.15) is 0 Å². The number of fused-ring (bicyclic) bond motifs is 1. The third-order valence-electron chi connectivity index (χ3n) is 3.17. The van der Waals surface area contributed by atoms with E-state index in [0.717, 1.165) is 28.4 Å². The second-order valence-electron chi connectivity index (χ2n) is 4.97. The third-order valence-corrected chi connectivity index (χ3v) is 4.16. The lowest BCUT2D eigenvalue weighted by Gasteiger charge is -2.11. The van der Waals surface area contributed by atoms with Crippen LogP contribution in [0.5, 0.6) is 0 Å². The predicted molar refractivity (Wildman–Crippen MR) is 93.9 cm³/mol. The van der Waals surface area contributed by atoms with Crippen LogP contribution in [0.1, 0.15) is 12.5 Å². The number of thiophene rings is 1. The molecule has 0 spiro atoms. The predicted octanol–water partition coefficient (Wildman–Crippen LogP) is 4.05. The highest BCUT2D eigenvalue weighted by Crippen LogP contribution is 2.26. The van der Waals surface area contributed by atoms with E-state index in [0.29, 0.717) is 5.17 Å². The van der Waals surface area contributed by atoms with Crippen LogP contribution in [0.15, 0.2) is 35.7 Å². The zero-order valence-corrected chi connectivity index (χ0v) is 13.5. The molecule has 2 aromatic rings. The van der Waals surface area contributed by atoms with Crippen molar-refractivity contribution in [3.05, 3.63) is 41.3 Å². The van der Waals surface area contributed by atoms with Crippen molar-refractivity contribution in [3.63, 3.8) is 0 Å². The number of ether oxygens (including phenoxy) is 1. The van der Waals surface area contributed by atoms with Crippen LogP contribution in [0.25, 0.3) is 0 Å². The van der Waals surface area contributed by atoms with Crippen molar-refractivity contribution in [1.29, 1.82) is 0 Å². The molecule has 0 saturated heterocycles. The van der Waals surface area contributed by atoms with Gasteiger partial charge in [0, 0.05) is 17.8 Å². The van der Waals surface area contributed by atoms with Crippen molar-refractivity contribution < 1.29 is 9.53 Å². The standard InChI is InChI=1S/C15H15N3O2S2/c1-9-7-10-8-11(4-5-12(10)17-15(21)20-9)16-14(19)18-13-3-2-6-22-13/h2-6,8-9H,7H2,1H3,(H,17,21)(H2,16,18,19). The van der Waals surface area contributed by atoms with E-state index in [-0.39, 0.29) is 12.1 Å². The smallest absolute Gasteiger partial charge is 0.324 e. The topological polar surface area (TPSA) is 62.4 Å². The number of thiocarbonyl (C=S) groups is 1. The number of anilines is 3. The van der Waals surface area contributed by atoms with Crippen molar-refractivity contribution in [2.45, 2.75) is 19.4 Å². The Morgan fingerprint density at radius 1 is 1.41 bits per heavy atom. The van der Waals surface area contributed by atoms with Crippen molar-refractivity contribution in [2.24, 2.45) is 0 Å². The summed E-state index contributed by atoms with van der Waals surface area (Å²) in [6.45, 7) is 1.96. The first-order valence-electron chi connectivity index (χ1n) is 6.82. The molecule has 1 aromatic heterocycles. The van der Waals surface area contributed by atoms with Crippen molar-refractivity contribution in [1.82, 2.24) is 0 Å². The minimum absolute atomic E-state index is 0.00329. The molecule has 2 amide bonds.